The SMILES string of the molecule is [B]CCCCC(N)(CCCN1CCc2c(Cl)cccc2C1)C(=O)O. The van der Waals surface area contributed by atoms with E-state index in [0.29, 0.717) is 19.2 Å². The number of benzene rings is 1. The zero-order valence-electron chi connectivity index (χ0n) is 14.1. The van der Waals surface area contributed by atoms with Crippen molar-refractivity contribution in [3.8, 4) is 0 Å². The van der Waals surface area contributed by atoms with E-state index < -0.39 is 11.5 Å². The Bertz CT molecular complexity index is 570. The summed E-state index contributed by atoms with van der Waals surface area (Å²) < 4.78 is 0. The summed E-state index contributed by atoms with van der Waals surface area (Å²) in [6.45, 7) is 2.68. The summed E-state index contributed by atoms with van der Waals surface area (Å²) in [5.74, 6) is -0.907. The van der Waals surface area contributed by atoms with Crippen molar-refractivity contribution in [3.05, 3.63) is 34.3 Å². The summed E-state index contributed by atoms with van der Waals surface area (Å²) in [6, 6.07) is 6.04. The second-order valence-electron chi connectivity index (χ2n) is 6.71. The fourth-order valence-electron chi connectivity index (χ4n) is 3.35. The van der Waals surface area contributed by atoms with E-state index in [-0.39, 0.29) is 0 Å². The van der Waals surface area contributed by atoms with E-state index in [1.54, 1.807) is 0 Å². The van der Waals surface area contributed by atoms with Gasteiger partial charge in [-0.1, -0.05) is 42.9 Å². The van der Waals surface area contributed by atoms with Crippen LogP contribution in [0.2, 0.25) is 11.3 Å². The molecule has 0 aliphatic carbocycles. The first-order valence-electron chi connectivity index (χ1n) is 8.67. The van der Waals surface area contributed by atoms with E-state index in [1.807, 2.05) is 12.1 Å². The zero-order chi connectivity index (χ0) is 17.6. The summed E-state index contributed by atoms with van der Waals surface area (Å²) >= 11 is 6.24. The Morgan fingerprint density at radius 1 is 1.33 bits per heavy atom. The molecule has 1 aliphatic heterocycles. The molecule has 1 aliphatic rings. The number of hydrogen-bond donors (Lipinski definition) is 2. The Kier molecular flexibility index (Phi) is 7.14. The zero-order valence-corrected chi connectivity index (χ0v) is 14.9. The number of aliphatic carboxylic acids is 1. The predicted molar refractivity (Wildman–Crippen MR) is 98.6 cm³/mol. The van der Waals surface area contributed by atoms with Gasteiger partial charge in [-0.2, -0.15) is 0 Å². The molecule has 1 aromatic rings. The number of hydrogen-bond acceptors (Lipinski definition) is 3. The molecule has 130 valence electrons. The summed E-state index contributed by atoms with van der Waals surface area (Å²) in [4.78, 5) is 13.9. The molecule has 0 saturated heterocycles. The molecular weight excluding hydrogens is 322 g/mol. The number of carboxylic acids is 1. The number of halogens is 1. The van der Waals surface area contributed by atoms with E-state index in [1.165, 1.54) is 11.1 Å². The number of nitrogens with zero attached hydrogens (tertiary/aromatic N) is 1. The van der Waals surface area contributed by atoms with Crippen LogP contribution in [-0.2, 0) is 17.8 Å². The monoisotopic (exact) mass is 348 g/mol. The first-order valence-corrected chi connectivity index (χ1v) is 9.05. The number of carboxylic acid groups (broad SMARTS) is 1. The molecule has 1 unspecified atom stereocenters. The van der Waals surface area contributed by atoms with E-state index >= 15 is 0 Å². The van der Waals surface area contributed by atoms with Crippen LogP contribution in [0.15, 0.2) is 18.2 Å². The molecule has 1 atom stereocenters. The van der Waals surface area contributed by atoms with Gasteiger partial charge in [0, 0.05) is 18.1 Å². The average molecular weight is 349 g/mol. The van der Waals surface area contributed by atoms with Gasteiger partial charge in [0.05, 0.1) is 7.85 Å². The Morgan fingerprint density at radius 2 is 2.08 bits per heavy atom. The molecule has 0 fully saturated rings. The number of rotatable bonds is 9. The fourth-order valence-corrected chi connectivity index (χ4v) is 3.64. The Labute approximate surface area is 150 Å². The maximum atomic E-state index is 11.5. The highest BCUT2D eigenvalue weighted by molar-refractivity contribution is 6.31. The molecule has 0 amide bonds. The van der Waals surface area contributed by atoms with Gasteiger partial charge in [0.1, 0.15) is 5.54 Å². The van der Waals surface area contributed by atoms with Crippen molar-refractivity contribution in [2.24, 2.45) is 5.73 Å². The molecule has 6 heteroatoms. The van der Waals surface area contributed by atoms with Crippen LogP contribution in [0.4, 0.5) is 0 Å². The van der Waals surface area contributed by atoms with E-state index in [0.717, 1.165) is 50.3 Å². The van der Waals surface area contributed by atoms with Crippen molar-refractivity contribution in [2.75, 3.05) is 13.1 Å². The molecule has 24 heavy (non-hydrogen) atoms. The molecule has 0 spiro atoms. The highest BCUT2D eigenvalue weighted by atomic mass is 35.5. The Morgan fingerprint density at radius 3 is 2.79 bits per heavy atom. The first kappa shape index (κ1) is 19.3. The van der Waals surface area contributed by atoms with Crippen LogP contribution in [0.1, 0.15) is 43.2 Å². The first-order chi connectivity index (χ1) is 11.5. The van der Waals surface area contributed by atoms with Gasteiger partial charge in [-0.3, -0.25) is 9.69 Å². The minimum Gasteiger partial charge on any atom is -0.480 e. The van der Waals surface area contributed by atoms with Gasteiger partial charge in [-0.25, -0.2) is 0 Å². The van der Waals surface area contributed by atoms with E-state index in [4.69, 9.17) is 25.2 Å². The maximum Gasteiger partial charge on any atom is 0.323 e. The third-order valence-corrected chi connectivity index (χ3v) is 5.24. The normalized spacial score (nSPS) is 17.2. The van der Waals surface area contributed by atoms with Crippen LogP contribution < -0.4 is 5.73 Å². The summed E-state index contributed by atoms with van der Waals surface area (Å²) in [6.07, 6.45) is 4.85. The average Bonchev–Trinajstić information content (AvgIpc) is 2.55. The lowest BCUT2D eigenvalue weighted by Crippen LogP contribution is -2.48. The molecule has 0 bridgehead atoms. The van der Waals surface area contributed by atoms with Gasteiger partial charge >= 0.3 is 5.97 Å². The minimum absolute atomic E-state index is 0.484. The molecule has 1 aromatic carbocycles. The van der Waals surface area contributed by atoms with Crippen molar-refractivity contribution in [1.29, 1.82) is 0 Å². The minimum atomic E-state index is -1.13. The fraction of sp³-hybridized carbons (Fsp3) is 0.611. The highest BCUT2D eigenvalue weighted by Crippen LogP contribution is 2.26. The van der Waals surface area contributed by atoms with Gasteiger partial charge in [-0.15, -0.1) is 0 Å². The number of fused-ring (bicyclic) bond motifs is 1. The smallest absolute Gasteiger partial charge is 0.323 e. The van der Waals surface area contributed by atoms with Gasteiger partial charge in [0.25, 0.3) is 0 Å². The highest BCUT2D eigenvalue weighted by Gasteiger charge is 2.32. The lowest BCUT2D eigenvalue weighted by molar-refractivity contribution is -0.144. The van der Waals surface area contributed by atoms with E-state index in [2.05, 4.69) is 11.0 Å². The quantitative estimate of drug-likeness (QED) is 0.532. The number of unbranched alkanes of at least 4 members (excludes halogenated alkanes) is 1. The van der Waals surface area contributed by atoms with Gasteiger partial charge < -0.3 is 10.8 Å². The van der Waals surface area contributed by atoms with Gasteiger partial charge in [-0.05, 0) is 49.4 Å². The predicted octanol–water partition coefficient (Wildman–Crippen LogP) is 3.02. The summed E-state index contributed by atoms with van der Waals surface area (Å²) in [7, 11) is 5.48. The number of nitrogens with two attached hydrogens (primary N) is 1. The molecular formula is C18H26BClN2O2. The standard InChI is InChI=1S/C18H26BClN2O2/c19-10-2-1-8-18(21,17(23)24)9-4-11-22-12-7-15-14(13-22)5-3-6-16(15)20/h3,5-6H,1-2,4,7-13,21H2,(H,23,24). The Balaban J connectivity index is 1.83. The molecule has 2 radical (unpaired) electrons. The lowest BCUT2D eigenvalue weighted by atomic mass is 9.87. The van der Waals surface area contributed by atoms with Crippen LogP contribution >= 0.6 is 11.6 Å². The molecule has 0 aromatic heterocycles. The van der Waals surface area contributed by atoms with Crippen LogP contribution in [0.25, 0.3) is 0 Å². The van der Waals surface area contributed by atoms with E-state index in [9.17, 15) is 9.90 Å². The lowest BCUT2D eigenvalue weighted by Gasteiger charge is -2.31. The van der Waals surface area contributed by atoms with Crippen molar-refractivity contribution in [3.63, 3.8) is 0 Å². The molecule has 2 rings (SSSR count). The molecule has 3 N–H and O–H groups in total. The molecule has 1 heterocycles. The van der Waals surface area contributed by atoms with Crippen LogP contribution in [0.5, 0.6) is 0 Å². The van der Waals surface area contributed by atoms with Crippen molar-refractivity contribution in [1.82, 2.24) is 4.90 Å². The summed E-state index contributed by atoms with van der Waals surface area (Å²) in [5, 5.41) is 10.3. The number of carbonyl (C=O) groups is 1. The largest absolute Gasteiger partial charge is 0.480 e. The van der Waals surface area contributed by atoms with Crippen molar-refractivity contribution >= 4 is 25.4 Å². The van der Waals surface area contributed by atoms with Crippen LogP contribution in [0.3, 0.4) is 0 Å². The Hall–Kier alpha value is -1.04. The molecule has 4 nitrogen and oxygen atoms in total. The van der Waals surface area contributed by atoms with Gasteiger partial charge in [0.15, 0.2) is 0 Å². The summed E-state index contributed by atoms with van der Waals surface area (Å²) in [5.41, 5.74) is 7.50. The van der Waals surface area contributed by atoms with Gasteiger partial charge in [0.2, 0.25) is 0 Å². The second kappa shape index (κ2) is 8.88. The van der Waals surface area contributed by atoms with Crippen molar-refractivity contribution in [2.45, 2.75) is 56.9 Å². The second-order valence-corrected chi connectivity index (χ2v) is 7.12. The van der Waals surface area contributed by atoms with Crippen LogP contribution in [0, 0.1) is 0 Å². The third-order valence-electron chi connectivity index (χ3n) is 4.89. The maximum absolute atomic E-state index is 11.5. The topological polar surface area (TPSA) is 66.6 Å². The molecule has 0 saturated carbocycles. The third kappa shape index (κ3) is 4.98. The van der Waals surface area contributed by atoms with Crippen LogP contribution in [-0.4, -0.2) is 42.5 Å². The van der Waals surface area contributed by atoms with Crippen molar-refractivity contribution < 1.29 is 9.90 Å².